The van der Waals surface area contributed by atoms with Crippen LogP contribution < -0.4 is 0 Å². The van der Waals surface area contributed by atoms with Gasteiger partial charge in [-0.1, -0.05) is 178 Å². The Bertz CT molecular complexity index is 3160. The molecular weight excluding hydrogens is 683 g/mol. The summed E-state index contributed by atoms with van der Waals surface area (Å²) in [4.78, 5) is 10.5. The highest BCUT2D eigenvalue weighted by molar-refractivity contribution is 6.23. The lowest BCUT2D eigenvalue weighted by atomic mass is 9.96. The Morgan fingerprint density at radius 2 is 1.05 bits per heavy atom. The predicted octanol–water partition coefficient (Wildman–Crippen LogP) is 14.3. The summed E-state index contributed by atoms with van der Waals surface area (Å²) in [5, 5.41) is 7.03. The van der Waals surface area contributed by atoms with Gasteiger partial charge < -0.3 is 4.42 Å². The van der Waals surface area contributed by atoms with Crippen molar-refractivity contribution in [3.63, 3.8) is 0 Å². The van der Waals surface area contributed by atoms with Crippen LogP contribution in [0.4, 0.5) is 0 Å². The summed E-state index contributed by atoms with van der Waals surface area (Å²) in [6, 6.07) is 66.1. The molecule has 0 amide bonds. The summed E-state index contributed by atoms with van der Waals surface area (Å²) in [5.74, 6) is 1.50. The van der Waals surface area contributed by atoms with Gasteiger partial charge in [-0.05, 0) is 40.1 Å². The summed E-state index contributed by atoms with van der Waals surface area (Å²) in [6.45, 7) is 4.00. The predicted molar refractivity (Wildman–Crippen MR) is 234 cm³/mol. The monoisotopic (exact) mass is 719 g/mol. The quantitative estimate of drug-likeness (QED) is 0.178. The van der Waals surface area contributed by atoms with Gasteiger partial charge in [0.05, 0.1) is 16.7 Å². The van der Waals surface area contributed by atoms with E-state index in [2.05, 4.69) is 156 Å². The molecule has 3 aromatic heterocycles. The van der Waals surface area contributed by atoms with E-state index < -0.39 is 0 Å². The van der Waals surface area contributed by atoms with E-state index in [4.69, 9.17) is 14.4 Å². The first-order valence-electron chi connectivity index (χ1n) is 19.2. The van der Waals surface area contributed by atoms with Crippen molar-refractivity contribution in [3.05, 3.63) is 188 Å². The van der Waals surface area contributed by atoms with Gasteiger partial charge in [0.25, 0.3) is 0 Å². The molecule has 0 atom stereocenters. The van der Waals surface area contributed by atoms with E-state index in [-0.39, 0.29) is 0 Å². The summed E-state index contributed by atoms with van der Waals surface area (Å²) in [6.07, 6.45) is 0. The molecule has 0 aliphatic carbocycles. The molecule has 4 heteroatoms. The second kappa shape index (κ2) is 13.8. The van der Waals surface area contributed by atoms with Gasteiger partial charge in [-0.25, -0.2) is 9.97 Å². The van der Waals surface area contributed by atoms with Crippen molar-refractivity contribution >= 4 is 54.5 Å². The molecule has 8 aromatic carbocycles. The number of rotatable bonds is 5. The van der Waals surface area contributed by atoms with Crippen molar-refractivity contribution < 1.29 is 4.42 Å². The summed E-state index contributed by atoms with van der Waals surface area (Å²) >= 11 is 0. The average molecular weight is 720 g/mol. The third kappa shape index (κ3) is 5.46. The average Bonchev–Trinajstić information content (AvgIpc) is 3.84. The molecule has 0 radical (unpaired) electrons. The Morgan fingerprint density at radius 1 is 0.446 bits per heavy atom. The van der Waals surface area contributed by atoms with Gasteiger partial charge in [-0.3, -0.25) is 4.57 Å². The zero-order valence-corrected chi connectivity index (χ0v) is 31.1. The van der Waals surface area contributed by atoms with Crippen LogP contribution in [-0.4, -0.2) is 14.5 Å². The minimum Gasteiger partial charge on any atom is -0.455 e. The van der Waals surface area contributed by atoms with Crippen LogP contribution in [0, 0.1) is 0 Å². The molecule has 0 bridgehead atoms. The van der Waals surface area contributed by atoms with Crippen LogP contribution in [0.5, 0.6) is 0 Å². The molecule has 266 valence electrons. The molecule has 11 aromatic rings. The minimum atomic E-state index is 0.682. The Kier molecular flexibility index (Phi) is 8.23. The molecule has 0 spiro atoms. The van der Waals surface area contributed by atoms with E-state index in [9.17, 15) is 0 Å². The highest BCUT2D eigenvalue weighted by Crippen LogP contribution is 2.43. The highest BCUT2D eigenvalue weighted by Gasteiger charge is 2.21. The summed E-state index contributed by atoms with van der Waals surface area (Å²) in [7, 11) is 0. The van der Waals surface area contributed by atoms with Crippen molar-refractivity contribution in [3.8, 4) is 50.7 Å². The highest BCUT2D eigenvalue weighted by atomic mass is 16.3. The zero-order chi connectivity index (χ0) is 37.6. The maximum Gasteiger partial charge on any atom is 0.162 e. The molecule has 0 aliphatic rings. The van der Waals surface area contributed by atoms with Crippen LogP contribution in [0.2, 0.25) is 0 Å². The topological polar surface area (TPSA) is 43.9 Å². The number of furan rings is 1. The van der Waals surface area contributed by atoms with Crippen LogP contribution in [-0.2, 0) is 0 Å². The van der Waals surface area contributed by atoms with Crippen molar-refractivity contribution in [1.29, 1.82) is 0 Å². The van der Waals surface area contributed by atoms with Crippen molar-refractivity contribution in [2.75, 3.05) is 0 Å². The van der Waals surface area contributed by atoms with Crippen molar-refractivity contribution in [2.24, 2.45) is 0 Å². The third-order valence-electron chi connectivity index (χ3n) is 10.6. The molecule has 0 saturated carbocycles. The molecule has 0 fully saturated rings. The molecule has 0 unspecified atom stereocenters. The van der Waals surface area contributed by atoms with Crippen LogP contribution in [0.3, 0.4) is 0 Å². The largest absolute Gasteiger partial charge is 0.455 e. The van der Waals surface area contributed by atoms with E-state index in [1.807, 2.05) is 50.2 Å². The molecule has 0 aliphatic heterocycles. The van der Waals surface area contributed by atoms with Crippen molar-refractivity contribution in [2.45, 2.75) is 13.8 Å². The van der Waals surface area contributed by atoms with Crippen LogP contribution in [0.25, 0.3) is 105 Å². The first-order chi connectivity index (χ1) is 27.8. The molecule has 11 rings (SSSR count). The fourth-order valence-corrected chi connectivity index (χ4v) is 8.16. The number of para-hydroxylation sites is 3. The van der Waals surface area contributed by atoms with Gasteiger partial charge in [-0.15, -0.1) is 0 Å². The number of benzene rings is 8. The summed E-state index contributed by atoms with van der Waals surface area (Å²) < 4.78 is 8.84. The lowest BCUT2D eigenvalue weighted by Gasteiger charge is -2.14. The first-order valence-corrected chi connectivity index (χ1v) is 19.2. The molecule has 4 nitrogen and oxygen atoms in total. The Balaban J connectivity index is 0.00000189. The molecule has 56 heavy (non-hydrogen) atoms. The van der Waals surface area contributed by atoms with Crippen molar-refractivity contribution in [1.82, 2.24) is 14.5 Å². The maximum absolute atomic E-state index is 6.49. The van der Waals surface area contributed by atoms with E-state index in [1.54, 1.807) is 0 Å². The molecule has 0 N–H and O–H groups in total. The fraction of sp³-hybridized carbons (Fsp3) is 0.0385. The second-order valence-corrected chi connectivity index (χ2v) is 13.7. The number of hydrogen-bond acceptors (Lipinski definition) is 3. The van der Waals surface area contributed by atoms with E-state index >= 15 is 0 Å². The zero-order valence-electron chi connectivity index (χ0n) is 31.1. The lowest BCUT2D eigenvalue weighted by Crippen LogP contribution is -2.03. The Hall–Kier alpha value is -7.30. The van der Waals surface area contributed by atoms with E-state index in [0.717, 1.165) is 77.9 Å². The van der Waals surface area contributed by atoms with Crippen LogP contribution in [0.1, 0.15) is 13.8 Å². The summed E-state index contributed by atoms with van der Waals surface area (Å²) in [5.41, 5.74) is 11.3. The Labute approximate surface area is 325 Å². The van der Waals surface area contributed by atoms with Gasteiger partial charge in [0.2, 0.25) is 0 Å². The second-order valence-electron chi connectivity index (χ2n) is 13.7. The van der Waals surface area contributed by atoms with E-state index in [0.29, 0.717) is 5.82 Å². The van der Waals surface area contributed by atoms with Crippen LogP contribution in [0.15, 0.2) is 192 Å². The fourth-order valence-electron chi connectivity index (χ4n) is 8.16. The normalized spacial score (nSPS) is 11.4. The first kappa shape index (κ1) is 33.3. The standard InChI is InChI=1S/C50H31N3O.C2H6/c1-3-15-33(16-4-1)43-31-46(52-50(51-43)34-17-5-2-6-18-34)53-44-29-28-32-14-7-8-21-37(32)47(44)42-26-12-23-38(48(42)53)35-19-11-20-36(30-35)39-24-13-25-41-40-22-9-10-27-45(40)54-49(39)41;1-2/h1-31H;1-2H3. The number of fused-ring (bicyclic) bond motifs is 8. The molecule has 3 heterocycles. The number of hydrogen-bond donors (Lipinski definition) is 0. The maximum atomic E-state index is 6.49. The van der Waals surface area contributed by atoms with Gasteiger partial charge in [0.1, 0.15) is 17.0 Å². The van der Waals surface area contributed by atoms with Gasteiger partial charge in [-0.2, -0.15) is 0 Å². The number of nitrogens with zero attached hydrogens (tertiary/aromatic N) is 3. The third-order valence-corrected chi connectivity index (χ3v) is 10.6. The SMILES string of the molecule is CC.c1ccc(-c2cc(-n3c4ccc5ccccc5c4c4cccc(-c5cccc(-c6cccc7c6oc6ccccc67)c5)c43)nc(-c3ccccc3)n2)cc1. The molecular formula is C52H37N3O. The van der Waals surface area contributed by atoms with E-state index in [1.165, 1.54) is 21.5 Å². The smallest absolute Gasteiger partial charge is 0.162 e. The lowest BCUT2D eigenvalue weighted by molar-refractivity contribution is 0.670. The molecule has 0 saturated heterocycles. The number of aromatic nitrogens is 3. The van der Waals surface area contributed by atoms with Crippen LogP contribution >= 0.6 is 0 Å². The van der Waals surface area contributed by atoms with Gasteiger partial charge in [0.15, 0.2) is 5.82 Å². The van der Waals surface area contributed by atoms with Gasteiger partial charge >= 0.3 is 0 Å². The minimum absolute atomic E-state index is 0.682. The van der Waals surface area contributed by atoms with Gasteiger partial charge in [0, 0.05) is 49.9 Å². The Morgan fingerprint density at radius 3 is 1.86 bits per heavy atom.